The van der Waals surface area contributed by atoms with E-state index in [0.717, 1.165) is 19.4 Å². The highest BCUT2D eigenvalue weighted by molar-refractivity contribution is 5.34. The molecular formula is C16H22N4. The summed E-state index contributed by atoms with van der Waals surface area (Å²) in [6.07, 6.45) is 7.54. The third kappa shape index (κ3) is 3.78. The second kappa shape index (κ2) is 7.01. The Labute approximate surface area is 120 Å². The maximum atomic E-state index is 5.76. The molecule has 4 heteroatoms. The lowest BCUT2D eigenvalue weighted by molar-refractivity contribution is 0.525. The van der Waals surface area contributed by atoms with Crippen molar-refractivity contribution in [3.05, 3.63) is 53.5 Å². The molecule has 1 atom stereocenters. The molecule has 1 unspecified atom stereocenters. The van der Waals surface area contributed by atoms with Gasteiger partial charge in [-0.2, -0.15) is 0 Å². The Morgan fingerprint density at radius 3 is 2.85 bits per heavy atom. The number of nitrogens with one attached hydrogen (secondary N) is 1. The molecule has 4 nitrogen and oxygen atoms in total. The lowest BCUT2D eigenvalue weighted by Gasteiger charge is -2.20. The first-order valence-electron chi connectivity index (χ1n) is 7.05. The summed E-state index contributed by atoms with van der Waals surface area (Å²) >= 11 is 0. The monoisotopic (exact) mass is 270 g/mol. The highest BCUT2D eigenvalue weighted by atomic mass is 14.9. The van der Waals surface area contributed by atoms with Gasteiger partial charge in [0.1, 0.15) is 5.82 Å². The van der Waals surface area contributed by atoms with E-state index in [1.165, 1.54) is 16.7 Å². The van der Waals surface area contributed by atoms with Crippen molar-refractivity contribution >= 4 is 5.82 Å². The fourth-order valence-electron chi connectivity index (χ4n) is 2.31. The molecule has 106 valence electrons. The van der Waals surface area contributed by atoms with Crippen molar-refractivity contribution in [2.75, 3.05) is 12.3 Å². The normalized spacial score (nSPS) is 12.3. The SMILES string of the molecule is CCCNC(Cc1ccnc(N)c1)c1cnccc1C. The lowest BCUT2D eigenvalue weighted by atomic mass is 9.97. The Kier molecular flexibility index (Phi) is 5.07. The predicted octanol–water partition coefficient (Wildman–Crippen LogP) is 2.65. The number of aryl methyl sites for hydroxylation is 1. The van der Waals surface area contributed by atoms with Gasteiger partial charge in [0.15, 0.2) is 0 Å². The van der Waals surface area contributed by atoms with Crippen molar-refractivity contribution in [3.63, 3.8) is 0 Å². The summed E-state index contributed by atoms with van der Waals surface area (Å²) in [6.45, 7) is 5.28. The van der Waals surface area contributed by atoms with Crippen molar-refractivity contribution in [3.8, 4) is 0 Å². The van der Waals surface area contributed by atoms with Gasteiger partial charge in [-0.05, 0) is 61.2 Å². The van der Waals surface area contributed by atoms with Crippen LogP contribution in [-0.4, -0.2) is 16.5 Å². The van der Waals surface area contributed by atoms with E-state index in [-0.39, 0.29) is 6.04 Å². The number of hydrogen-bond acceptors (Lipinski definition) is 4. The Morgan fingerprint density at radius 1 is 1.30 bits per heavy atom. The predicted molar refractivity (Wildman–Crippen MR) is 82.4 cm³/mol. The zero-order valence-electron chi connectivity index (χ0n) is 12.1. The molecule has 2 rings (SSSR count). The van der Waals surface area contributed by atoms with Gasteiger partial charge in [-0.15, -0.1) is 0 Å². The first kappa shape index (κ1) is 14.5. The summed E-state index contributed by atoms with van der Waals surface area (Å²) < 4.78 is 0. The van der Waals surface area contributed by atoms with Gasteiger partial charge in [0.2, 0.25) is 0 Å². The summed E-state index contributed by atoms with van der Waals surface area (Å²) in [5, 5.41) is 3.59. The topological polar surface area (TPSA) is 63.8 Å². The van der Waals surface area contributed by atoms with E-state index in [2.05, 4.69) is 35.2 Å². The van der Waals surface area contributed by atoms with Gasteiger partial charge in [0, 0.05) is 24.6 Å². The van der Waals surface area contributed by atoms with E-state index in [4.69, 9.17) is 5.73 Å². The zero-order chi connectivity index (χ0) is 14.4. The second-order valence-corrected chi connectivity index (χ2v) is 5.03. The molecule has 0 amide bonds. The van der Waals surface area contributed by atoms with Gasteiger partial charge >= 0.3 is 0 Å². The first-order chi connectivity index (χ1) is 9.70. The molecule has 0 spiro atoms. The minimum Gasteiger partial charge on any atom is -0.384 e. The lowest BCUT2D eigenvalue weighted by Crippen LogP contribution is -2.25. The molecule has 0 bridgehead atoms. The van der Waals surface area contributed by atoms with E-state index in [1.807, 2.05) is 24.5 Å². The van der Waals surface area contributed by atoms with Crippen LogP contribution in [0.5, 0.6) is 0 Å². The highest BCUT2D eigenvalue weighted by Crippen LogP contribution is 2.21. The van der Waals surface area contributed by atoms with Gasteiger partial charge in [0.25, 0.3) is 0 Å². The maximum absolute atomic E-state index is 5.76. The van der Waals surface area contributed by atoms with Crippen LogP contribution in [0.1, 0.15) is 36.1 Å². The van der Waals surface area contributed by atoms with Gasteiger partial charge in [0.05, 0.1) is 0 Å². The summed E-state index contributed by atoms with van der Waals surface area (Å²) in [4.78, 5) is 8.30. The van der Waals surface area contributed by atoms with Crippen LogP contribution >= 0.6 is 0 Å². The van der Waals surface area contributed by atoms with Crippen LogP contribution in [0.15, 0.2) is 36.8 Å². The molecule has 2 aromatic heterocycles. The van der Waals surface area contributed by atoms with Crippen LogP contribution < -0.4 is 11.1 Å². The van der Waals surface area contributed by atoms with Crippen molar-refractivity contribution in [1.82, 2.24) is 15.3 Å². The number of hydrogen-bond donors (Lipinski definition) is 2. The molecule has 0 saturated carbocycles. The third-order valence-electron chi connectivity index (χ3n) is 3.38. The average molecular weight is 270 g/mol. The fraction of sp³-hybridized carbons (Fsp3) is 0.375. The van der Waals surface area contributed by atoms with E-state index in [9.17, 15) is 0 Å². The van der Waals surface area contributed by atoms with Gasteiger partial charge in [-0.25, -0.2) is 4.98 Å². The quantitative estimate of drug-likeness (QED) is 0.847. The minimum absolute atomic E-state index is 0.255. The molecule has 2 aromatic rings. The molecule has 20 heavy (non-hydrogen) atoms. The summed E-state index contributed by atoms with van der Waals surface area (Å²) in [7, 11) is 0. The number of rotatable bonds is 6. The molecule has 0 aromatic carbocycles. The standard InChI is InChI=1S/C16H22N4/c1-3-6-19-15(14-11-18-7-4-12(14)2)9-13-5-8-20-16(17)10-13/h4-5,7-8,10-11,15,19H,3,6,9H2,1-2H3,(H2,17,20). The number of pyridine rings is 2. The van der Waals surface area contributed by atoms with E-state index in [1.54, 1.807) is 6.20 Å². The number of nitrogens with two attached hydrogens (primary N) is 1. The molecule has 2 heterocycles. The minimum atomic E-state index is 0.255. The Hall–Kier alpha value is -1.94. The van der Waals surface area contributed by atoms with Crippen LogP contribution in [0.3, 0.4) is 0 Å². The summed E-state index contributed by atoms with van der Waals surface area (Å²) in [6, 6.07) is 6.26. The molecular weight excluding hydrogens is 248 g/mol. The van der Waals surface area contributed by atoms with Crippen molar-refractivity contribution in [1.29, 1.82) is 0 Å². The molecule has 0 fully saturated rings. The second-order valence-electron chi connectivity index (χ2n) is 5.03. The van der Waals surface area contributed by atoms with Crippen LogP contribution in [-0.2, 0) is 6.42 Å². The Bertz CT molecular complexity index is 554. The van der Waals surface area contributed by atoms with Gasteiger partial charge < -0.3 is 11.1 Å². The highest BCUT2D eigenvalue weighted by Gasteiger charge is 2.14. The van der Waals surface area contributed by atoms with Crippen molar-refractivity contribution in [2.45, 2.75) is 32.7 Å². The smallest absolute Gasteiger partial charge is 0.123 e. The summed E-state index contributed by atoms with van der Waals surface area (Å²) in [5.74, 6) is 0.569. The molecule has 0 aliphatic rings. The van der Waals surface area contributed by atoms with Crippen LogP contribution in [0.2, 0.25) is 0 Å². The Morgan fingerprint density at radius 2 is 2.15 bits per heavy atom. The van der Waals surface area contributed by atoms with Crippen LogP contribution in [0.25, 0.3) is 0 Å². The average Bonchev–Trinajstić information content (AvgIpc) is 2.44. The van der Waals surface area contributed by atoms with Crippen LogP contribution in [0.4, 0.5) is 5.82 Å². The number of nitrogens with zero attached hydrogens (tertiary/aromatic N) is 2. The number of nitrogen functional groups attached to an aromatic ring is 1. The van der Waals surface area contributed by atoms with Gasteiger partial charge in [-0.1, -0.05) is 6.92 Å². The van der Waals surface area contributed by atoms with Crippen molar-refractivity contribution in [2.24, 2.45) is 0 Å². The molecule has 3 N–H and O–H groups in total. The number of anilines is 1. The maximum Gasteiger partial charge on any atom is 0.123 e. The van der Waals surface area contributed by atoms with E-state index < -0.39 is 0 Å². The number of aromatic nitrogens is 2. The molecule has 0 saturated heterocycles. The third-order valence-corrected chi connectivity index (χ3v) is 3.38. The van der Waals surface area contributed by atoms with Gasteiger partial charge in [-0.3, -0.25) is 4.98 Å². The molecule has 0 aliphatic heterocycles. The van der Waals surface area contributed by atoms with E-state index >= 15 is 0 Å². The summed E-state index contributed by atoms with van der Waals surface area (Å²) in [5.41, 5.74) is 9.45. The molecule has 0 radical (unpaired) electrons. The largest absolute Gasteiger partial charge is 0.384 e. The Balaban J connectivity index is 2.22. The molecule has 0 aliphatic carbocycles. The van der Waals surface area contributed by atoms with E-state index in [0.29, 0.717) is 5.82 Å². The zero-order valence-corrected chi connectivity index (χ0v) is 12.1. The fourth-order valence-corrected chi connectivity index (χ4v) is 2.31. The van der Waals surface area contributed by atoms with Crippen LogP contribution in [0, 0.1) is 6.92 Å². The van der Waals surface area contributed by atoms with Crippen molar-refractivity contribution < 1.29 is 0 Å². The first-order valence-corrected chi connectivity index (χ1v) is 7.05.